The van der Waals surface area contributed by atoms with Crippen LogP contribution in [0.3, 0.4) is 0 Å². The molecule has 0 spiro atoms. The van der Waals surface area contributed by atoms with Crippen molar-refractivity contribution in [2.24, 2.45) is 17.3 Å². The lowest BCUT2D eigenvalue weighted by molar-refractivity contribution is -0.131. The second-order valence-electron chi connectivity index (χ2n) is 6.20. The molecule has 20 heavy (non-hydrogen) atoms. The van der Waals surface area contributed by atoms with Gasteiger partial charge in [-0.3, -0.25) is 4.98 Å². The third-order valence-corrected chi connectivity index (χ3v) is 4.98. The van der Waals surface area contributed by atoms with Crippen LogP contribution in [0.25, 0.3) is 0 Å². The van der Waals surface area contributed by atoms with Crippen LogP contribution >= 0.6 is 0 Å². The maximum atomic E-state index is 9.79. The molecule has 0 saturated carbocycles. The molecular formula is C16H21NO3. The quantitative estimate of drug-likeness (QED) is 0.814. The lowest BCUT2D eigenvalue weighted by atomic mass is 9.62. The summed E-state index contributed by atoms with van der Waals surface area (Å²) < 4.78 is 6.06. The number of hydrogen-bond donors (Lipinski definition) is 2. The van der Waals surface area contributed by atoms with Crippen molar-refractivity contribution in [3.63, 3.8) is 0 Å². The first-order valence-electron chi connectivity index (χ1n) is 7.11. The Hall–Kier alpha value is -1.39. The van der Waals surface area contributed by atoms with Gasteiger partial charge in [0.05, 0.1) is 25.1 Å². The molecule has 2 N–H and O–H groups in total. The van der Waals surface area contributed by atoms with Crippen LogP contribution in [0.15, 0.2) is 30.0 Å². The van der Waals surface area contributed by atoms with Gasteiger partial charge in [0.1, 0.15) is 11.9 Å². The highest BCUT2D eigenvalue weighted by Crippen LogP contribution is 2.52. The van der Waals surface area contributed by atoms with Crippen LogP contribution in [-0.4, -0.2) is 28.4 Å². The number of aliphatic hydroxyl groups is 1. The van der Waals surface area contributed by atoms with Crippen LogP contribution in [0.1, 0.15) is 32.1 Å². The fraction of sp³-hybridized carbons (Fsp3) is 0.562. The van der Waals surface area contributed by atoms with E-state index in [9.17, 15) is 10.2 Å². The maximum absolute atomic E-state index is 9.79. The third-order valence-electron chi connectivity index (χ3n) is 4.98. The Bertz CT molecular complexity index is 525. The highest BCUT2D eigenvalue weighted by Gasteiger charge is 2.48. The van der Waals surface area contributed by atoms with Crippen molar-refractivity contribution in [2.45, 2.75) is 26.4 Å². The summed E-state index contributed by atoms with van der Waals surface area (Å²) in [6.07, 6.45) is 4.57. The van der Waals surface area contributed by atoms with E-state index < -0.39 is 0 Å². The minimum Gasteiger partial charge on any atom is -0.506 e. The second kappa shape index (κ2) is 4.86. The summed E-state index contributed by atoms with van der Waals surface area (Å²) in [5, 5.41) is 19.1. The van der Waals surface area contributed by atoms with E-state index in [4.69, 9.17) is 4.74 Å². The Balaban J connectivity index is 1.94. The zero-order valence-corrected chi connectivity index (χ0v) is 11.9. The molecule has 1 aromatic heterocycles. The maximum Gasteiger partial charge on any atom is 0.133 e. The first-order valence-corrected chi connectivity index (χ1v) is 7.11. The predicted octanol–water partition coefficient (Wildman–Crippen LogP) is 2.44. The minimum absolute atomic E-state index is 0.0842. The molecule has 2 heterocycles. The van der Waals surface area contributed by atoms with Gasteiger partial charge in [0.2, 0.25) is 0 Å². The third kappa shape index (κ3) is 2.03. The summed E-state index contributed by atoms with van der Waals surface area (Å²) >= 11 is 0. The summed E-state index contributed by atoms with van der Waals surface area (Å²) in [4.78, 5) is 4.29. The van der Waals surface area contributed by atoms with Gasteiger partial charge in [0.15, 0.2) is 0 Å². The highest BCUT2D eigenvalue weighted by molar-refractivity contribution is 5.25. The largest absolute Gasteiger partial charge is 0.506 e. The Morgan fingerprint density at radius 1 is 1.45 bits per heavy atom. The number of aliphatic hydroxyl groups excluding tert-OH is 1. The van der Waals surface area contributed by atoms with E-state index in [0.717, 1.165) is 12.1 Å². The standard InChI is InChI=1S/C16H21NO3/c1-10-5-11(2)16(8-18)6-13(10)15(20-9-16)14-4-3-12(19)7-17-14/h3-5,7,11,13,15,18-19H,6,8-9H2,1-2H3. The van der Waals surface area contributed by atoms with E-state index in [2.05, 4.69) is 24.9 Å². The van der Waals surface area contributed by atoms with E-state index in [1.807, 2.05) is 6.07 Å². The molecule has 2 bridgehead atoms. The molecule has 1 aliphatic carbocycles. The molecule has 2 aliphatic rings. The molecular weight excluding hydrogens is 254 g/mol. The van der Waals surface area contributed by atoms with E-state index in [1.54, 1.807) is 6.07 Å². The van der Waals surface area contributed by atoms with Crippen LogP contribution in [0.2, 0.25) is 0 Å². The molecule has 108 valence electrons. The first kappa shape index (κ1) is 13.6. The molecule has 0 radical (unpaired) electrons. The fourth-order valence-electron chi connectivity index (χ4n) is 3.50. The number of hydrogen-bond acceptors (Lipinski definition) is 4. The zero-order chi connectivity index (χ0) is 14.3. The molecule has 0 amide bonds. The Kier molecular flexibility index (Phi) is 3.30. The van der Waals surface area contributed by atoms with E-state index >= 15 is 0 Å². The SMILES string of the molecule is CC1=CC(C)C2(CO)COC(c3ccc(O)cn3)C1C2. The van der Waals surface area contributed by atoms with Gasteiger partial charge in [-0.15, -0.1) is 0 Å². The van der Waals surface area contributed by atoms with Crippen LogP contribution < -0.4 is 0 Å². The van der Waals surface area contributed by atoms with Crippen molar-refractivity contribution in [3.8, 4) is 5.75 Å². The van der Waals surface area contributed by atoms with Gasteiger partial charge in [-0.1, -0.05) is 18.6 Å². The van der Waals surface area contributed by atoms with Crippen molar-refractivity contribution < 1.29 is 14.9 Å². The molecule has 4 unspecified atom stereocenters. The number of rotatable bonds is 2. The number of aromatic nitrogens is 1. The zero-order valence-electron chi connectivity index (χ0n) is 11.9. The van der Waals surface area contributed by atoms with Gasteiger partial charge >= 0.3 is 0 Å². The van der Waals surface area contributed by atoms with Crippen LogP contribution in [0.4, 0.5) is 0 Å². The number of nitrogens with zero attached hydrogens (tertiary/aromatic N) is 1. The Morgan fingerprint density at radius 2 is 2.25 bits per heavy atom. The molecule has 4 heteroatoms. The Labute approximate surface area is 119 Å². The average molecular weight is 275 g/mol. The lowest BCUT2D eigenvalue weighted by Crippen LogP contribution is -2.47. The number of aromatic hydroxyl groups is 1. The summed E-state index contributed by atoms with van der Waals surface area (Å²) in [5.74, 6) is 0.750. The minimum atomic E-state index is -0.155. The molecule has 1 aromatic rings. The first-order chi connectivity index (χ1) is 9.55. The van der Waals surface area contributed by atoms with Crippen molar-refractivity contribution >= 4 is 0 Å². The van der Waals surface area contributed by atoms with E-state index in [0.29, 0.717) is 12.5 Å². The molecule has 3 rings (SSSR count). The predicted molar refractivity (Wildman–Crippen MR) is 75.1 cm³/mol. The van der Waals surface area contributed by atoms with Gasteiger partial charge < -0.3 is 14.9 Å². The van der Waals surface area contributed by atoms with Crippen molar-refractivity contribution in [2.75, 3.05) is 13.2 Å². The molecule has 1 saturated heterocycles. The van der Waals surface area contributed by atoms with Crippen molar-refractivity contribution in [1.29, 1.82) is 0 Å². The summed E-state index contributed by atoms with van der Waals surface area (Å²) in [6.45, 7) is 4.99. The van der Waals surface area contributed by atoms with Crippen LogP contribution in [0.5, 0.6) is 5.75 Å². The topological polar surface area (TPSA) is 62.6 Å². The van der Waals surface area contributed by atoms with Gasteiger partial charge in [0.25, 0.3) is 0 Å². The summed E-state index contributed by atoms with van der Waals surface area (Å²) in [7, 11) is 0. The van der Waals surface area contributed by atoms with Crippen molar-refractivity contribution in [1.82, 2.24) is 4.98 Å². The van der Waals surface area contributed by atoms with E-state index in [1.165, 1.54) is 11.8 Å². The number of allylic oxidation sites excluding steroid dienone is 1. The molecule has 4 atom stereocenters. The average Bonchev–Trinajstić information content (AvgIpc) is 2.46. The Morgan fingerprint density at radius 3 is 2.90 bits per heavy atom. The smallest absolute Gasteiger partial charge is 0.133 e. The molecule has 4 nitrogen and oxygen atoms in total. The summed E-state index contributed by atoms with van der Waals surface area (Å²) in [6, 6.07) is 3.46. The van der Waals surface area contributed by atoms with Crippen LogP contribution in [-0.2, 0) is 4.74 Å². The lowest BCUT2D eigenvalue weighted by Gasteiger charge is -2.50. The van der Waals surface area contributed by atoms with Crippen LogP contribution in [0, 0.1) is 17.3 Å². The molecule has 1 fully saturated rings. The normalized spacial score (nSPS) is 36.5. The highest BCUT2D eigenvalue weighted by atomic mass is 16.5. The van der Waals surface area contributed by atoms with Gasteiger partial charge in [-0.05, 0) is 31.4 Å². The fourth-order valence-corrected chi connectivity index (χ4v) is 3.50. The molecule has 0 aromatic carbocycles. The van der Waals surface area contributed by atoms with Crippen molar-refractivity contribution in [3.05, 3.63) is 35.7 Å². The molecule has 1 aliphatic heterocycles. The number of ether oxygens (including phenoxy) is 1. The second-order valence-corrected chi connectivity index (χ2v) is 6.20. The number of pyridine rings is 1. The van der Waals surface area contributed by atoms with Gasteiger partial charge in [0, 0.05) is 11.3 Å². The van der Waals surface area contributed by atoms with Gasteiger partial charge in [-0.2, -0.15) is 0 Å². The number of fused-ring (bicyclic) bond motifs is 2. The van der Waals surface area contributed by atoms with Gasteiger partial charge in [-0.25, -0.2) is 0 Å². The summed E-state index contributed by atoms with van der Waals surface area (Å²) in [5.41, 5.74) is 2.00. The monoisotopic (exact) mass is 275 g/mol. The van der Waals surface area contributed by atoms with E-state index in [-0.39, 0.29) is 29.8 Å².